The number of nitrogens with zero attached hydrogens (tertiary/aromatic N) is 2. The van der Waals surface area contributed by atoms with E-state index in [4.69, 9.17) is 0 Å². The Morgan fingerprint density at radius 1 is 1.24 bits per heavy atom. The summed E-state index contributed by atoms with van der Waals surface area (Å²) in [6.45, 7) is 8.05. The topological polar surface area (TPSA) is 49.8 Å². The SMILES string of the molecule is CCCNc1cc(NCc2sccc2Br)nc(C(C)C)n1. The Hall–Kier alpha value is -1.14. The molecule has 2 aromatic heterocycles. The zero-order valence-corrected chi connectivity index (χ0v) is 15.0. The van der Waals surface area contributed by atoms with Crippen LogP contribution in [0.5, 0.6) is 0 Å². The zero-order valence-electron chi connectivity index (χ0n) is 12.6. The van der Waals surface area contributed by atoms with Crippen molar-refractivity contribution in [3.8, 4) is 0 Å². The van der Waals surface area contributed by atoms with E-state index in [0.717, 1.165) is 41.4 Å². The minimum atomic E-state index is 0.308. The van der Waals surface area contributed by atoms with Gasteiger partial charge in [-0.2, -0.15) is 0 Å². The molecule has 0 fully saturated rings. The van der Waals surface area contributed by atoms with Gasteiger partial charge in [0.05, 0.1) is 6.54 Å². The van der Waals surface area contributed by atoms with Crippen LogP contribution in [0.1, 0.15) is 43.8 Å². The van der Waals surface area contributed by atoms with Crippen molar-refractivity contribution in [2.45, 2.75) is 39.7 Å². The molecule has 114 valence electrons. The van der Waals surface area contributed by atoms with Crippen molar-refractivity contribution in [3.63, 3.8) is 0 Å². The standard InChI is InChI=1S/C15H21BrN4S/c1-4-6-17-13-8-14(20-15(19-13)10(2)3)18-9-12-11(16)5-7-21-12/h5,7-8,10H,4,6,9H2,1-3H3,(H2,17,18,19,20). The summed E-state index contributed by atoms with van der Waals surface area (Å²) in [5.41, 5.74) is 0. The molecule has 0 aliphatic rings. The lowest BCUT2D eigenvalue weighted by atomic mass is 10.2. The molecule has 0 bridgehead atoms. The van der Waals surface area contributed by atoms with Crippen LogP contribution in [0.15, 0.2) is 22.0 Å². The highest BCUT2D eigenvalue weighted by Gasteiger charge is 2.09. The molecule has 0 atom stereocenters. The Bertz CT molecular complexity index is 583. The van der Waals surface area contributed by atoms with Crippen molar-refractivity contribution >= 4 is 38.9 Å². The predicted molar refractivity (Wildman–Crippen MR) is 94.2 cm³/mol. The summed E-state index contributed by atoms with van der Waals surface area (Å²) in [4.78, 5) is 10.4. The molecule has 0 spiro atoms. The first-order chi connectivity index (χ1) is 10.1. The van der Waals surface area contributed by atoms with Gasteiger partial charge in [0.25, 0.3) is 0 Å². The van der Waals surface area contributed by atoms with Gasteiger partial charge < -0.3 is 10.6 Å². The largest absolute Gasteiger partial charge is 0.370 e. The van der Waals surface area contributed by atoms with Gasteiger partial charge in [-0.15, -0.1) is 11.3 Å². The van der Waals surface area contributed by atoms with E-state index in [9.17, 15) is 0 Å². The van der Waals surface area contributed by atoms with E-state index in [1.54, 1.807) is 11.3 Å². The Labute approximate surface area is 138 Å². The molecular weight excluding hydrogens is 348 g/mol. The molecule has 6 heteroatoms. The van der Waals surface area contributed by atoms with Gasteiger partial charge in [-0.3, -0.25) is 0 Å². The summed E-state index contributed by atoms with van der Waals surface area (Å²) < 4.78 is 1.14. The molecule has 2 N–H and O–H groups in total. The monoisotopic (exact) mass is 368 g/mol. The van der Waals surface area contributed by atoms with Crippen LogP contribution in [0.25, 0.3) is 0 Å². The van der Waals surface area contributed by atoms with Crippen molar-refractivity contribution in [2.75, 3.05) is 17.2 Å². The quantitative estimate of drug-likeness (QED) is 0.732. The highest BCUT2D eigenvalue weighted by Crippen LogP contribution is 2.24. The van der Waals surface area contributed by atoms with E-state index in [0.29, 0.717) is 5.92 Å². The molecular formula is C15H21BrN4S. The Morgan fingerprint density at radius 2 is 1.95 bits per heavy atom. The number of halogens is 1. The van der Waals surface area contributed by atoms with Crippen LogP contribution in [0.4, 0.5) is 11.6 Å². The van der Waals surface area contributed by atoms with E-state index in [1.165, 1.54) is 4.88 Å². The number of rotatable bonds is 7. The summed E-state index contributed by atoms with van der Waals surface area (Å²) in [5.74, 6) is 2.93. The molecule has 0 aliphatic heterocycles. The van der Waals surface area contributed by atoms with Crippen LogP contribution in [0.2, 0.25) is 0 Å². The van der Waals surface area contributed by atoms with Gasteiger partial charge in [-0.1, -0.05) is 20.8 Å². The number of hydrogen-bond acceptors (Lipinski definition) is 5. The van der Waals surface area contributed by atoms with E-state index in [2.05, 4.69) is 68.7 Å². The van der Waals surface area contributed by atoms with Crippen LogP contribution < -0.4 is 10.6 Å². The molecule has 0 amide bonds. The fourth-order valence-corrected chi connectivity index (χ4v) is 3.21. The van der Waals surface area contributed by atoms with Gasteiger partial charge in [-0.25, -0.2) is 9.97 Å². The Balaban J connectivity index is 2.13. The average molecular weight is 369 g/mol. The lowest BCUT2D eigenvalue weighted by Crippen LogP contribution is -2.09. The highest BCUT2D eigenvalue weighted by molar-refractivity contribution is 9.10. The van der Waals surface area contributed by atoms with Crippen molar-refractivity contribution < 1.29 is 0 Å². The van der Waals surface area contributed by atoms with Gasteiger partial charge in [0.1, 0.15) is 17.5 Å². The maximum absolute atomic E-state index is 4.60. The van der Waals surface area contributed by atoms with Gasteiger partial charge in [0.2, 0.25) is 0 Å². The van der Waals surface area contributed by atoms with E-state index in [1.807, 2.05) is 6.07 Å². The molecule has 2 aromatic rings. The lowest BCUT2D eigenvalue weighted by Gasteiger charge is -2.12. The number of nitrogens with one attached hydrogen (secondary N) is 2. The van der Waals surface area contributed by atoms with Gasteiger partial charge in [0, 0.05) is 27.9 Å². The van der Waals surface area contributed by atoms with Crippen LogP contribution in [-0.2, 0) is 6.54 Å². The first-order valence-corrected chi connectivity index (χ1v) is 8.86. The summed E-state index contributed by atoms with van der Waals surface area (Å²) in [5, 5.41) is 8.80. The summed E-state index contributed by atoms with van der Waals surface area (Å²) in [6.07, 6.45) is 1.08. The number of aromatic nitrogens is 2. The third kappa shape index (κ3) is 4.68. The molecule has 2 rings (SSSR count). The minimum Gasteiger partial charge on any atom is -0.370 e. The van der Waals surface area contributed by atoms with E-state index in [-0.39, 0.29) is 0 Å². The summed E-state index contributed by atoms with van der Waals surface area (Å²) in [6, 6.07) is 4.04. The molecule has 0 saturated carbocycles. The average Bonchev–Trinajstić information content (AvgIpc) is 2.88. The van der Waals surface area contributed by atoms with Crippen molar-refractivity contribution in [3.05, 3.63) is 32.7 Å². The summed E-state index contributed by atoms with van der Waals surface area (Å²) in [7, 11) is 0. The molecule has 0 radical (unpaired) electrons. The molecule has 0 unspecified atom stereocenters. The van der Waals surface area contributed by atoms with E-state index >= 15 is 0 Å². The first kappa shape index (κ1) is 16.2. The third-order valence-electron chi connectivity index (χ3n) is 2.94. The second kappa shape index (κ2) is 7.75. The Morgan fingerprint density at radius 3 is 2.52 bits per heavy atom. The predicted octanol–water partition coefficient (Wildman–Crippen LogP) is 4.86. The molecule has 0 aliphatic carbocycles. The van der Waals surface area contributed by atoms with Gasteiger partial charge >= 0.3 is 0 Å². The van der Waals surface area contributed by atoms with Gasteiger partial charge in [-0.05, 0) is 33.8 Å². The van der Waals surface area contributed by atoms with Crippen LogP contribution in [0.3, 0.4) is 0 Å². The Kier molecular flexibility index (Phi) is 5.99. The van der Waals surface area contributed by atoms with Crippen molar-refractivity contribution in [1.29, 1.82) is 0 Å². The van der Waals surface area contributed by atoms with Crippen LogP contribution in [0, 0.1) is 0 Å². The molecule has 21 heavy (non-hydrogen) atoms. The number of thiophene rings is 1. The highest BCUT2D eigenvalue weighted by atomic mass is 79.9. The fourth-order valence-electron chi connectivity index (χ4n) is 1.78. The molecule has 0 saturated heterocycles. The fraction of sp³-hybridized carbons (Fsp3) is 0.467. The molecule has 0 aromatic carbocycles. The lowest BCUT2D eigenvalue weighted by molar-refractivity contribution is 0.774. The van der Waals surface area contributed by atoms with Gasteiger partial charge in [0.15, 0.2) is 0 Å². The number of anilines is 2. The third-order valence-corrected chi connectivity index (χ3v) is 4.86. The minimum absolute atomic E-state index is 0.308. The van der Waals surface area contributed by atoms with Crippen LogP contribution in [-0.4, -0.2) is 16.5 Å². The van der Waals surface area contributed by atoms with Crippen molar-refractivity contribution in [1.82, 2.24) is 9.97 Å². The second-order valence-corrected chi connectivity index (χ2v) is 6.98. The maximum Gasteiger partial charge on any atom is 0.135 e. The molecule has 2 heterocycles. The normalized spacial score (nSPS) is 10.9. The zero-order chi connectivity index (χ0) is 15.2. The molecule has 4 nitrogen and oxygen atoms in total. The number of hydrogen-bond donors (Lipinski definition) is 2. The second-order valence-electron chi connectivity index (χ2n) is 5.12. The van der Waals surface area contributed by atoms with E-state index < -0.39 is 0 Å². The summed E-state index contributed by atoms with van der Waals surface area (Å²) >= 11 is 5.28. The van der Waals surface area contributed by atoms with Crippen LogP contribution >= 0.6 is 27.3 Å². The maximum atomic E-state index is 4.60. The van der Waals surface area contributed by atoms with Crippen molar-refractivity contribution in [2.24, 2.45) is 0 Å². The smallest absolute Gasteiger partial charge is 0.135 e. The first-order valence-electron chi connectivity index (χ1n) is 7.18.